The van der Waals surface area contributed by atoms with Crippen molar-refractivity contribution < 1.29 is 13.9 Å². The number of aromatic nitrogens is 4. The highest BCUT2D eigenvalue weighted by atomic mass is 19.3. The summed E-state index contributed by atoms with van der Waals surface area (Å²) in [6, 6.07) is 8.31. The lowest BCUT2D eigenvalue weighted by Gasteiger charge is -2.38. The fraction of sp³-hybridized carbons (Fsp3) is 0.458. The van der Waals surface area contributed by atoms with Gasteiger partial charge in [0.25, 0.3) is 5.92 Å². The number of rotatable bonds is 3. The molecule has 172 valence electrons. The van der Waals surface area contributed by atoms with Crippen molar-refractivity contribution in [1.29, 1.82) is 0 Å². The topological polar surface area (TPSA) is 79.1 Å². The van der Waals surface area contributed by atoms with Crippen LogP contribution in [-0.2, 0) is 6.42 Å². The van der Waals surface area contributed by atoms with E-state index in [1.165, 1.54) is 0 Å². The molecule has 3 aliphatic rings. The second-order valence-electron chi connectivity index (χ2n) is 9.39. The van der Waals surface area contributed by atoms with Crippen molar-refractivity contribution in [2.24, 2.45) is 0 Å². The molecule has 2 saturated heterocycles. The van der Waals surface area contributed by atoms with E-state index in [4.69, 9.17) is 0 Å². The maximum atomic E-state index is 14.3. The van der Waals surface area contributed by atoms with Crippen molar-refractivity contribution in [3.63, 3.8) is 0 Å². The van der Waals surface area contributed by atoms with E-state index in [1.54, 1.807) is 16.9 Å². The lowest BCUT2D eigenvalue weighted by Crippen LogP contribution is -2.51. The molecule has 5 heterocycles. The molecule has 0 spiro atoms. The van der Waals surface area contributed by atoms with E-state index in [1.807, 2.05) is 30.5 Å². The summed E-state index contributed by atoms with van der Waals surface area (Å²) in [5, 5.41) is 27.0. The van der Waals surface area contributed by atoms with Gasteiger partial charge < -0.3 is 15.3 Å². The van der Waals surface area contributed by atoms with Gasteiger partial charge in [0.2, 0.25) is 0 Å². The van der Waals surface area contributed by atoms with Crippen LogP contribution >= 0.6 is 0 Å². The highest BCUT2D eigenvalue weighted by Crippen LogP contribution is 2.42. The second kappa shape index (κ2) is 7.76. The van der Waals surface area contributed by atoms with Crippen LogP contribution in [0.25, 0.3) is 16.9 Å². The first kappa shape index (κ1) is 20.5. The molecule has 0 saturated carbocycles. The van der Waals surface area contributed by atoms with Crippen molar-refractivity contribution >= 4 is 5.82 Å². The number of benzene rings is 1. The lowest BCUT2D eigenvalue weighted by atomic mass is 9.97. The summed E-state index contributed by atoms with van der Waals surface area (Å²) in [5.74, 6) is -1.72. The van der Waals surface area contributed by atoms with Gasteiger partial charge in [-0.05, 0) is 61.9 Å². The SMILES string of the molecule is Oc1cc(-n2cccn2)ccc1-c1cc2c(nn1)N([C@@H]1C[C@@H]3CC(F)(F)[C@H](C1)N3)CCCC2. The van der Waals surface area contributed by atoms with E-state index in [0.29, 0.717) is 24.1 Å². The van der Waals surface area contributed by atoms with Crippen LogP contribution in [0.2, 0.25) is 0 Å². The van der Waals surface area contributed by atoms with Gasteiger partial charge in [0.05, 0.1) is 17.4 Å². The van der Waals surface area contributed by atoms with Crippen LogP contribution in [0.1, 0.15) is 37.7 Å². The molecule has 6 rings (SSSR count). The quantitative estimate of drug-likeness (QED) is 0.631. The zero-order chi connectivity index (χ0) is 22.6. The van der Waals surface area contributed by atoms with E-state index in [0.717, 1.165) is 42.9 Å². The molecule has 9 heteroatoms. The van der Waals surface area contributed by atoms with Crippen molar-refractivity contribution in [3.05, 3.63) is 48.3 Å². The van der Waals surface area contributed by atoms with E-state index < -0.39 is 12.0 Å². The Morgan fingerprint density at radius 1 is 1.12 bits per heavy atom. The first-order valence-electron chi connectivity index (χ1n) is 11.6. The number of aryl methyl sites for hydroxylation is 1. The number of anilines is 1. The molecule has 1 aromatic carbocycles. The Morgan fingerprint density at radius 2 is 2.03 bits per heavy atom. The van der Waals surface area contributed by atoms with Crippen LogP contribution in [0.15, 0.2) is 42.7 Å². The Bertz CT molecular complexity index is 1170. The third-order valence-electron chi connectivity index (χ3n) is 7.21. The molecule has 0 aliphatic carbocycles. The van der Waals surface area contributed by atoms with Gasteiger partial charge in [-0.25, -0.2) is 13.5 Å². The van der Waals surface area contributed by atoms with Crippen LogP contribution < -0.4 is 10.2 Å². The summed E-state index contributed by atoms with van der Waals surface area (Å²) >= 11 is 0. The summed E-state index contributed by atoms with van der Waals surface area (Å²) in [4.78, 5) is 2.21. The molecular weight excluding hydrogens is 426 g/mol. The third kappa shape index (κ3) is 3.64. The van der Waals surface area contributed by atoms with Gasteiger partial charge in [0, 0.05) is 49.1 Å². The zero-order valence-electron chi connectivity index (χ0n) is 18.2. The summed E-state index contributed by atoms with van der Waals surface area (Å²) in [6.07, 6.45) is 7.39. The minimum atomic E-state index is -2.64. The number of phenols is 1. The molecule has 3 atom stereocenters. The first-order chi connectivity index (χ1) is 16.0. The van der Waals surface area contributed by atoms with Gasteiger partial charge >= 0.3 is 0 Å². The van der Waals surface area contributed by atoms with Gasteiger partial charge in [0.1, 0.15) is 5.75 Å². The van der Waals surface area contributed by atoms with E-state index >= 15 is 0 Å². The van der Waals surface area contributed by atoms with Crippen LogP contribution in [0, 0.1) is 0 Å². The lowest BCUT2D eigenvalue weighted by molar-refractivity contribution is -0.0129. The number of fused-ring (bicyclic) bond motifs is 3. The molecule has 2 N–H and O–H groups in total. The average molecular weight is 453 g/mol. The van der Waals surface area contributed by atoms with Crippen molar-refractivity contribution in [2.45, 2.75) is 62.6 Å². The van der Waals surface area contributed by atoms with Crippen molar-refractivity contribution in [3.8, 4) is 22.7 Å². The highest BCUT2D eigenvalue weighted by molar-refractivity contribution is 5.70. The molecule has 2 aromatic heterocycles. The van der Waals surface area contributed by atoms with Crippen LogP contribution in [-0.4, -0.2) is 55.7 Å². The molecule has 0 amide bonds. The summed E-state index contributed by atoms with van der Waals surface area (Å²) in [6.45, 7) is 0.806. The predicted octanol–water partition coefficient (Wildman–Crippen LogP) is 3.71. The van der Waals surface area contributed by atoms with E-state index in [-0.39, 0.29) is 24.3 Å². The van der Waals surface area contributed by atoms with Crippen LogP contribution in [0.5, 0.6) is 5.75 Å². The minimum Gasteiger partial charge on any atom is -0.507 e. The number of phenolic OH excluding ortho intramolecular Hbond substituents is 1. The number of aromatic hydroxyl groups is 1. The maximum Gasteiger partial charge on any atom is 0.264 e. The zero-order valence-corrected chi connectivity index (χ0v) is 18.2. The predicted molar refractivity (Wildman–Crippen MR) is 120 cm³/mol. The largest absolute Gasteiger partial charge is 0.507 e. The molecule has 7 nitrogen and oxygen atoms in total. The van der Waals surface area contributed by atoms with Gasteiger partial charge in [-0.1, -0.05) is 0 Å². The number of alkyl halides is 2. The van der Waals surface area contributed by atoms with Gasteiger partial charge in [-0.2, -0.15) is 5.10 Å². The molecule has 3 aliphatic heterocycles. The number of piperidine rings is 1. The molecular formula is C24H26F2N6O. The number of hydrogen-bond acceptors (Lipinski definition) is 6. The standard InChI is InChI=1S/C24H26F2N6O/c25-24(26)14-16-11-18(13-22(24)28-16)31-8-2-1-4-15-10-20(29-30-23(15)31)19-6-5-17(12-21(19)33)32-9-3-7-27-32/h3,5-7,9-10,12,16,18,22,28,33H,1-2,4,8,11,13-14H2/t16-,18-,22+/m1/s1. The van der Waals surface area contributed by atoms with Crippen molar-refractivity contribution in [2.75, 3.05) is 11.4 Å². The number of halogens is 2. The Labute approximate surface area is 190 Å². The Kier molecular flexibility index (Phi) is 4.83. The van der Waals surface area contributed by atoms with Crippen LogP contribution in [0.3, 0.4) is 0 Å². The first-order valence-corrected chi connectivity index (χ1v) is 11.6. The fourth-order valence-corrected chi connectivity index (χ4v) is 5.62. The van der Waals surface area contributed by atoms with Gasteiger partial charge in [-0.15, -0.1) is 10.2 Å². The van der Waals surface area contributed by atoms with Crippen LogP contribution in [0.4, 0.5) is 14.6 Å². The molecule has 2 fully saturated rings. The molecule has 0 radical (unpaired) electrons. The fourth-order valence-electron chi connectivity index (χ4n) is 5.62. The van der Waals surface area contributed by atoms with Crippen molar-refractivity contribution in [1.82, 2.24) is 25.3 Å². The summed E-state index contributed by atoms with van der Waals surface area (Å²) in [7, 11) is 0. The Morgan fingerprint density at radius 3 is 2.82 bits per heavy atom. The molecule has 33 heavy (non-hydrogen) atoms. The average Bonchev–Trinajstić information content (AvgIpc) is 3.33. The van der Waals surface area contributed by atoms with Gasteiger partial charge in [0.15, 0.2) is 5.82 Å². The monoisotopic (exact) mass is 452 g/mol. The molecule has 2 bridgehead atoms. The number of hydrogen-bond donors (Lipinski definition) is 2. The summed E-state index contributed by atoms with van der Waals surface area (Å²) in [5.41, 5.74) is 3.03. The smallest absolute Gasteiger partial charge is 0.264 e. The number of nitrogens with one attached hydrogen (secondary N) is 1. The molecule has 3 aromatic rings. The molecule has 0 unspecified atom stereocenters. The second-order valence-corrected chi connectivity index (χ2v) is 9.39. The highest BCUT2D eigenvalue weighted by Gasteiger charge is 2.53. The third-order valence-corrected chi connectivity index (χ3v) is 7.21. The normalized spacial score (nSPS) is 26.1. The maximum absolute atomic E-state index is 14.3. The minimum absolute atomic E-state index is 0.0355. The van der Waals surface area contributed by atoms with E-state index in [2.05, 4.69) is 25.5 Å². The summed E-state index contributed by atoms with van der Waals surface area (Å²) < 4.78 is 30.2. The van der Waals surface area contributed by atoms with E-state index in [9.17, 15) is 13.9 Å². The number of nitrogens with zero attached hydrogens (tertiary/aromatic N) is 5. The van der Waals surface area contributed by atoms with Gasteiger partial charge in [-0.3, -0.25) is 0 Å². The Balaban J connectivity index is 1.30. The Hall–Kier alpha value is -3.07.